The summed E-state index contributed by atoms with van der Waals surface area (Å²) in [5, 5.41) is 4.46. The molecule has 10 rings (SSSR count). The minimum absolute atomic E-state index is 0.878. The first-order chi connectivity index (χ1) is 27.4. The van der Waals surface area contributed by atoms with Gasteiger partial charge in [-0.1, -0.05) is 109 Å². The number of benzene rings is 8. The van der Waals surface area contributed by atoms with E-state index in [0.29, 0.717) is 0 Å². The Labute approximate surface area is 326 Å². The van der Waals surface area contributed by atoms with E-state index in [1.54, 1.807) is 0 Å². The topological polar surface area (TPSA) is 32.8 Å². The Hall–Kier alpha value is -7.04. The van der Waals surface area contributed by atoms with Gasteiger partial charge in [0.15, 0.2) is 11.2 Å². The van der Waals surface area contributed by atoms with Crippen molar-refractivity contribution in [1.82, 2.24) is 0 Å². The third-order valence-corrected chi connectivity index (χ3v) is 11.2. The average molecular weight is 725 g/mol. The fraction of sp³-hybridized carbons (Fsp3) is 0.0769. The van der Waals surface area contributed by atoms with Crippen molar-refractivity contribution in [2.45, 2.75) is 27.7 Å². The molecule has 4 nitrogen and oxygen atoms in total. The Morgan fingerprint density at radius 2 is 0.661 bits per heavy atom. The number of aryl methyl sites for hydroxylation is 4. The van der Waals surface area contributed by atoms with Crippen LogP contribution < -0.4 is 9.80 Å². The summed E-state index contributed by atoms with van der Waals surface area (Å²) >= 11 is 0. The van der Waals surface area contributed by atoms with Gasteiger partial charge in [-0.25, -0.2) is 0 Å². The van der Waals surface area contributed by atoms with Gasteiger partial charge < -0.3 is 18.6 Å². The number of nitrogens with zero attached hydrogens (tertiary/aromatic N) is 2. The molecule has 0 amide bonds. The Balaban J connectivity index is 1.08. The number of fused-ring (bicyclic) bond motifs is 6. The molecular formula is C52H40N2O2. The van der Waals surface area contributed by atoms with E-state index < -0.39 is 0 Å². The van der Waals surface area contributed by atoms with Crippen LogP contribution in [0.4, 0.5) is 34.1 Å². The first kappa shape index (κ1) is 33.5. The second kappa shape index (κ2) is 13.4. The molecule has 2 heterocycles. The Morgan fingerprint density at radius 1 is 0.304 bits per heavy atom. The molecular weight excluding hydrogens is 685 g/mol. The zero-order valence-electron chi connectivity index (χ0n) is 31.9. The maximum Gasteiger partial charge on any atom is 0.159 e. The molecule has 0 unspecified atom stereocenters. The van der Waals surface area contributed by atoms with Crippen LogP contribution in [0.3, 0.4) is 0 Å². The summed E-state index contributed by atoms with van der Waals surface area (Å²) in [4.78, 5) is 4.71. The lowest BCUT2D eigenvalue weighted by molar-refractivity contribution is 0.668. The number of hydrogen-bond donors (Lipinski definition) is 0. The summed E-state index contributed by atoms with van der Waals surface area (Å²) in [5.41, 5.74) is 17.0. The Bertz CT molecular complexity index is 2900. The summed E-state index contributed by atoms with van der Waals surface area (Å²) in [6.07, 6.45) is 0. The van der Waals surface area contributed by atoms with Crippen LogP contribution in [0, 0.1) is 27.7 Å². The molecule has 270 valence electrons. The predicted octanol–water partition coefficient (Wildman–Crippen LogP) is 15.3. The first-order valence-electron chi connectivity index (χ1n) is 19.2. The van der Waals surface area contributed by atoms with Gasteiger partial charge in [0.2, 0.25) is 0 Å². The van der Waals surface area contributed by atoms with E-state index in [1.165, 1.54) is 22.3 Å². The summed E-state index contributed by atoms with van der Waals surface area (Å²) in [7, 11) is 0. The van der Waals surface area contributed by atoms with Crippen molar-refractivity contribution >= 4 is 78.0 Å². The van der Waals surface area contributed by atoms with Crippen LogP contribution in [0.5, 0.6) is 0 Å². The molecule has 0 saturated carbocycles. The van der Waals surface area contributed by atoms with Crippen molar-refractivity contribution in [2.75, 3.05) is 9.80 Å². The van der Waals surface area contributed by atoms with E-state index in [2.05, 4.69) is 183 Å². The Kier molecular flexibility index (Phi) is 8.00. The molecule has 2 aromatic heterocycles. The molecule has 0 aliphatic carbocycles. The molecule has 10 aromatic rings. The standard InChI is InChI=1S/C52H40N2O2/c1-33-15-5-9-21-43(33)53(47-23-13-19-41-39-17-7-11-25-49(39)55-51(41)47)45-29-27-37(31-35(45)3)38-28-30-46(36(4)32-38)54(44-22-10-6-16-34(44)2)48-24-14-20-42-40-18-8-12-26-50(40)56-52(42)48/h5-32H,1-4H3. The predicted molar refractivity (Wildman–Crippen MR) is 235 cm³/mol. The van der Waals surface area contributed by atoms with E-state index in [-0.39, 0.29) is 0 Å². The van der Waals surface area contributed by atoms with Crippen LogP contribution in [0.25, 0.3) is 55.0 Å². The molecule has 56 heavy (non-hydrogen) atoms. The molecule has 0 aliphatic heterocycles. The van der Waals surface area contributed by atoms with Crippen LogP contribution in [-0.2, 0) is 0 Å². The number of para-hydroxylation sites is 6. The summed E-state index contributed by atoms with van der Waals surface area (Å²) in [6.45, 7) is 8.75. The maximum atomic E-state index is 6.58. The van der Waals surface area contributed by atoms with Crippen LogP contribution in [0.1, 0.15) is 22.3 Å². The molecule has 0 aliphatic rings. The van der Waals surface area contributed by atoms with Gasteiger partial charge in [0.1, 0.15) is 11.2 Å². The minimum Gasteiger partial charge on any atom is -0.454 e. The molecule has 8 aromatic carbocycles. The van der Waals surface area contributed by atoms with Crippen molar-refractivity contribution in [3.05, 3.63) is 192 Å². The van der Waals surface area contributed by atoms with Crippen molar-refractivity contribution in [2.24, 2.45) is 0 Å². The van der Waals surface area contributed by atoms with E-state index in [0.717, 1.165) is 89.1 Å². The number of hydrogen-bond acceptors (Lipinski definition) is 4. The van der Waals surface area contributed by atoms with E-state index in [9.17, 15) is 0 Å². The number of furan rings is 2. The molecule has 0 N–H and O–H groups in total. The van der Waals surface area contributed by atoms with Gasteiger partial charge in [0.25, 0.3) is 0 Å². The highest BCUT2D eigenvalue weighted by Gasteiger charge is 2.24. The van der Waals surface area contributed by atoms with Gasteiger partial charge in [0, 0.05) is 44.3 Å². The van der Waals surface area contributed by atoms with E-state index in [4.69, 9.17) is 8.83 Å². The molecule has 4 heteroatoms. The lowest BCUT2D eigenvalue weighted by Gasteiger charge is -2.29. The van der Waals surface area contributed by atoms with Crippen LogP contribution in [-0.4, -0.2) is 0 Å². The highest BCUT2D eigenvalue weighted by Crippen LogP contribution is 2.47. The van der Waals surface area contributed by atoms with Crippen molar-refractivity contribution in [3.63, 3.8) is 0 Å². The smallest absolute Gasteiger partial charge is 0.159 e. The highest BCUT2D eigenvalue weighted by molar-refractivity contribution is 6.11. The summed E-state index contributed by atoms with van der Waals surface area (Å²) < 4.78 is 13.2. The molecule has 0 atom stereocenters. The van der Waals surface area contributed by atoms with Gasteiger partial charge in [-0.15, -0.1) is 0 Å². The maximum absolute atomic E-state index is 6.58. The largest absolute Gasteiger partial charge is 0.454 e. The minimum atomic E-state index is 0.878. The number of anilines is 6. The highest BCUT2D eigenvalue weighted by atomic mass is 16.3. The SMILES string of the molecule is Cc1ccccc1N(c1ccc(-c2ccc(N(c3ccccc3C)c3cccc4c3oc3ccccc34)c(C)c2)cc1C)c1cccc2c1oc1ccccc12. The third-order valence-electron chi connectivity index (χ3n) is 11.2. The van der Waals surface area contributed by atoms with Crippen molar-refractivity contribution in [1.29, 1.82) is 0 Å². The van der Waals surface area contributed by atoms with Crippen LogP contribution in [0.2, 0.25) is 0 Å². The zero-order valence-corrected chi connectivity index (χ0v) is 31.9. The second-order valence-electron chi connectivity index (χ2n) is 14.8. The van der Waals surface area contributed by atoms with Crippen molar-refractivity contribution in [3.8, 4) is 11.1 Å². The molecule has 0 fully saturated rings. The average Bonchev–Trinajstić information content (AvgIpc) is 3.80. The molecule has 0 radical (unpaired) electrons. The zero-order chi connectivity index (χ0) is 37.9. The van der Waals surface area contributed by atoms with Crippen molar-refractivity contribution < 1.29 is 8.83 Å². The second-order valence-corrected chi connectivity index (χ2v) is 14.8. The quantitative estimate of drug-likeness (QED) is 0.164. The molecule has 0 bridgehead atoms. The van der Waals surface area contributed by atoms with E-state index in [1.807, 2.05) is 24.3 Å². The monoisotopic (exact) mass is 724 g/mol. The van der Waals surface area contributed by atoms with Gasteiger partial charge in [-0.3, -0.25) is 0 Å². The van der Waals surface area contributed by atoms with Crippen LogP contribution in [0.15, 0.2) is 179 Å². The fourth-order valence-electron chi connectivity index (χ4n) is 8.40. The summed E-state index contributed by atoms with van der Waals surface area (Å²) in [6, 6.07) is 60.2. The molecule has 0 saturated heterocycles. The van der Waals surface area contributed by atoms with E-state index >= 15 is 0 Å². The Morgan fingerprint density at radius 3 is 1.09 bits per heavy atom. The third kappa shape index (κ3) is 5.45. The summed E-state index contributed by atoms with van der Waals surface area (Å²) in [5.74, 6) is 0. The van der Waals surface area contributed by atoms with Gasteiger partial charge in [-0.05, 0) is 122 Å². The lowest BCUT2D eigenvalue weighted by atomic mass is 9.98. The van der Waals surface area contributed by atoms with Gasteiger partial charge in [-0.2, -0.15) is 0 Å². The van der Waals surface area contributed by atoms with Gasteiger partial charge >= 0.3 is 0 Å². The number of rotatable bonds is 7. The van der Waals surface area contributed by atoms with Gasteiger partial charge in [0.05, 0.1) is 11.4 Å². The van der Waals surface area contributed by atoms with Crippen LogP contribution >= 0.6 is 0 Å². The fourth-order valence-corrected chi connectivity index (χ4v) is 8.40. The normalized spacial score (nSPS) is 11.6. The first-order valence-corrected chi connectivity index (χ1v) is 19.2. The molecule has 0 spiro atoms. The lowest BCUT2D eigenvalue weighted by Crippen LogP contribution is -2.13.